The standard InChI is InChI=1S/C16H21FN2OS/c1-4-7-18-14(9-16-19-11(2)10-21-16)12-5-6-15(20-3)13(17)8-12/h5-6,8,10,14,18H,4,7,9H2,1-3H3. The van der Waals surface area contributed by atoms with Gasteiger partial charge in [-0.15, -0.1) is 11.3 Å². The lowest BCUT2D eigenvalue weighted by molar-refractivity contribution is 0.385. The Kier molecular flexibility index (Phi) is 5.70. The van der Waals surface area contributed by atoms with Crippen molar-refractivity contribution in [3.05, 3.63) is 45.7 Å². The van der Waals surface area contributed by atoms with E-state index in [-0.39, 0.29) is 17.6 Å². The Bertz CT molecular complexity index is 585. The van der Waals surface area contributed by atoms with Gasteiger partial charge in [-0.05, 0) is 37.6 Å². The van der Waals surface area contributed by atoms with E-state index >= 15 is 0 Å². The molecule has 0 aliphatic rings. The third kappa shape index (κ3) is 4.25. The van der Waals surface area contributed by atoms with Gasteiger partial charge in [0.1, 0.15) is 0 Å². The van der Waals surface area contributed by atoms with E-state index in [0.717, 1.165) is 35.7 Å². The Morgan fingerprint density at radius 1 is 1.43 bits per heavy atom. The summed E-state index contributed by atoms with van der Waals surface area (Å²) in [6.07, 6.45) is 1.80. The van der Waals surface area contributed by atoms with E-state index in [4.69, 9.17) is 4.74 Å². The summed E-state index contributed by atoms with van der Waals surface area (Å²) in [5.74, 6) is -0.0493. The minimum atomic E-state index is -0.325. The van der Waals surface area contributed by atoms with Crippen molar-refractivity contribution < 1.29 is 9.13 Å². The number of ether oxygens (including phenoxy) is 1. The molecule has 1 atom stereocenters. The molecule has 5 heteroatoms. The molecule has 0 spiro atoms. The first-order valence-corrected chi connectivity index (χ1v) is 7.99. The molecular formula is C16H21FN2OS. The fourth-order valence-electron chi connectivity index (χ4n) is 2.20. The maximum absolute atomic E-state index is 13.9. The van der Waals surface area contributed by atoms with Crippen LogP contribution in [0.15, 0.2) is 23.6 Å². The quantitative estimate of drug-likeness (QED) is 0.843. The topological polar surface area (TPSA) is 34.2 Å². The second-order valence-corrected chi connectivity index (χ2v) is 5.93. The molecule has 0 saturated carbocycles. The summed E-state index contributed by atoms with van der Waals surface area (Å²) in [7, 11) is 1.48. The van der Waals surface area contributed by atoms with E-state index in [1.54, 1.807) is 23.5 Å². The Labute approximate surface area is 129 Å². The minimum Gasteiger partial charge on any atom is -0.494 e. The normalized spacial score (nSPS) is 12.4. The molecule has 21 heavy (non-hydrogen) atoms. The maximum Gasteiger partial charge on any atom is 0.165 e. The number of nitrogens with zero attached hydrogens (tertiary/aromatic N) is 1. The molecule has 114 valence electrons. The van der Waals surface area contributed by atoms with Crippen LogP contribution in [-0.2, 0) is 6.42 Å². The number of nitrogens with one attached hydrogen (secondary N) is 1. The van der Waals surface area contributed by atoms with Gasteiger partial charge in [-0.2, -0.15) is 0 Å². The van der Waals surface area contributed by atoms with E-state index in [2.05, 4.69) is 17.2 Å². The summed E-state index contributed by atoms with van der Waals surface area (Å²) < 4.78 is 18.9. The van der Waals surface area contributed by atoms with Crippen LogP contribution >= 0.6 is 11.3 Å². The van der Waals surface area contributed by atoms with E-state index in [1.165, 1.54) is 7.11 Å². The number of methoxy groups -OCH3 is 1. The smallest absolute Gasteiger partial charge is 0.165 e. The molecule has 0 amide bonds. The lowest BCUT2D eigenvalue weighted by Gasteiger charge is -2.18. The fourth-order valence-corrected chi connectivity index (χ4v) is 3.02. The maximum atomic E-state index is 13.9. The molecule has 1 heterocycles. The molecule has 0 bridgehead atoms. The Balaban J connectivity index is 2.20. The number of aryl methyl sites for hydroxylation is 1. The van der Waals surface area contributed by atoms with Gasteiger partial charge >= 0.3 is 0 Å². The lowest BCUT2D eigenvalue weighted by Crippen LogP contribution is -2.24. The number of hydrogen-bond donors (Lipinski definition) is 1. The summed E-state index contributed by atoms with van der Waals surface area (Å²) in [5, 5.41) is 6.58. The number of aromatic nitrogens is 1. The molecular weight excluding hydrogens is 287 g/mol. The highest BCUT2D eigenvalue weighted by Gasteiger charge is 2.15. The second kappa shape index (κ2) is 7.52. The summed E-state index contributed by atoms with van der Waals surface area (Å²) in [5.41, 5.74) is 1.96. The first-order valence-electron chi connectivity index (χ1n) is 7.11. The number of rotatable bonds is 7. The highest BCUT2D eigenvalue weighted by atomic mass is 32.1. The molecule has 0 radical (unpaired) electrons. The van der Waals surface area contributed by atoms with Crippen molar-refractivity contribution >= 4 is 11.3 Å². The van der Waals surface area contributed by atoms with Crippen LogP contribution in [0.1, 0.15) is 35.7 Å². The summed E-state index contributed by atoms with van der Waals surface area (Å²) in [6, 6.07) is 5.21. The van der Waals surface area contributed by atoms with E-state index in [0.29, 0.717) is 0 Å². The number of halogens is 1. The average molecular weight is 308 g/mol. The first kappa shape index (κ1) is 15.9. The first-order chi connectivity index (χ1) is 10.1. The van der Waals surface area contributed by atoms with Crippen molar-refractivity contribution in [3.63, 3.8) is 0 Å². The van der Waals surface area contributed by atoms with Crippen molar-refractivity contribution in [1.82, 2.24) is 10.3 Å². The van der Waals surface area contributed by atoms with Gasteiger partial charge in [-0.3, -0.25) is 0 Å². The summed E-state index contributed by atoms with van der Waals surface area (Å²) in [6.45, 7) is 5.00. The molecule has 3 nitrogen and oxygen atoms in total. The second-order valence-electron chi connectivity index (χ2n) is 4.99. The van der Waals surface area contributed by atoms with Gasteiger partial charge in [-0.1, -0.05) is 13.0 Å². The molecule has 1 aromatic heterocycles. The van der Waals surface area contributed by atoms with Crippen molar-refractivity contribution in [2.24, 2.45) is 0 Å². The number of hydrogen-bond acceptors (Lipinski definition) is 4. The summed E-state index contributed by atoms with van der Waals surface area (Å²) in [4.78, 5) is 4.50. The minimum absolute atomic E-state index is 0.0657. The highest BCUT2D eigenvalue weighted by Crippen LogP contribution is 2.25. The zero-order valence-electron chi connectivity index (χ0n) is 12.6. The van der Waals surface area contributed by atoms with Crippen molar-refractivity contribution in [2.45, 2.75) is 32.7 Å². The van der Waals surface area contributed by atoms with Gasteiger partial charge < -0.3 is 10.1 Å². The van der Waals surface area contributed by atoms with Crippen molar-refractivity contribution in [3.8, 4) is 5.75 Å². The summed E-state index contributed by atoms with van der Waals surface area (Å²) >= 11 is 1.65. The van der Waals surface area contributed by atoms with Gasteiger partial charge in [0.05, 0.1) is 12.1 Å². The fraction of sp³-hybridized carbons (Fsp3) is 0.438. The van der Waals surface area contributed by atoms with E-state index < -0.39 is 0 Å². The van der Waals surface area contributed by atoms with Crippen LogP contribution in [0.3, 0.4) is 0 Å². The van der Waals surface area contributed by atoms with Gasteiger partial charge in [0.15, 0.2) is 11.6 Å². The van der Waals surface area contributed by atoms with Gasteiger partial charge in [-0.25, -0.2) is 9.37 Å². The van der Waals surface area contributed by atoms with Crippen LogP contribution in [-0.4, -0.2) is 18.6 Å². The highest BCUT2D eigenvalue weighted by molar-refractivity contribution is 7.09. The SMILES string of the molecule is CCCNC(Cc1nc(C)cs1)c1ccc(OC)c(F)c1. The lowest BCUT2D eigenvalue weighted by atomic mass is 10.0. The molecule has 1 aromatic carbocycles. The largest absolute Gasteiger partial charge is 0.494 e. The van der Waals surface area contributed by atoms with Crippen LogP contribution in [0.5, 0.6) is 5.75 Å². The molecule has 0 saturated heterocycles. The molecule has 2 aromatic rings. The zero-order valence-corrected chi connectivity index (χ0v) is 13.5. The molecule has 2 rings (SSSR count). The van der Waals surface area contributed by atoms with Crippen molar-refractivity contribution in [1.29, 1.82) is 0 Å². The number of thiazole rings is 1. The van der Waals surface area contributed by atoms with Crippen LogP contribution in [0.25, 0.3) is 0 Å². The van der Waals surface area contributed by atoms with Gasteiger partial charge in [0.25, 0.3) is 0 Å². The molecule has 0 aliphatic heterocycles. The third-order valence-corrected chi connectivity index (χ3v) is 4.25. The molecule has 1 N–H and O–H groups in total. The molecule has 0 aliphatic carbocycles. The predicted octanol–water partition coefficient (Wildman–Crippen LogP) is 3.88. The van der Waals surface area contributed by atoms with Gasteiger partial charge in [0.2, 0.25) is 0 Å². The van der Waals surface area contributed by atoms with Crippen LogP contribution in [0.4, 0.5) is 4.39 Å². The third-order valence-electron chi connectivity index (χ3n) is 3.26. The van der Waals surface area contributed by atoms with Gasteiger partial charge in [0, 0.05) is 23.5 Å². The Morgan fingerprint density at radius 2 is 2.24 bits per heavy atom. The van der Waals surface area contributed by atoms with Crippen LogP contribution in [0.2, 0.25) is 0 Å². The molecule has 0 fully saturated rings. The van der Waals surface area contributed by atoms with Crippen LogP contribution < -0.4 is 10.1 Å². The van der Waals surface area contributed by atoms with E-state index in [1.807, 2.05) is 18.4 Å². The number of benzene rings is 1. The average Bonchev–Trinajstić information content (AvgIpc) is 2.88. The predicted molar refractivity (Wildman–Crippen MR) is 84.5 cm³/mol. The van der Waals surface area contributed by atoms with Crippen LogP contribution in [0, 0.1) is 12.7 Å². The zero-order chi connectivity index (χ0) is 15.2. The molecule has 1 unspecified atom stereocenters. The Hall–Kier alpha value is -1.46. The monoisotopic (exact) mass is 308 g/mol. The van der Waals surface area contributed by atoms with E-state index in [9.17, 15) is 4.39 Å². The van der Waals surface area contributed by atoms with Crippen molar-refractivity contribution in [2.75, 3.05) is 13.7 Å². The Morgan fingerprint density at radius 3 is 2.81 bits per heavy atom.